The third-order valence-electron chi connectivity index (χ3n) is 4.19. The fourth-order valence-corrected chi connectivity index (χ4v) is 3.42. The monoisotopic (exact) mass is 365 g/mol. The molecule has 25 heavy (non-hydrogen) atoms. The highest BCUT2D eigenvalue weighted by atomic mass is 32.2. The summed E-state index contributed by atoms with van der Waals surface area (Å²) in [5.41, 5.74) is 3.06. The molecule has 8 heteroatoms. The van der Waals surface area contributed by atoms with Gasteiger partial charge in [-0.05, 0) is 24.6 Å². The van der Waals surface area contributed by atoms with Gasteiger partial charge in [-0.2, -0.15) is 8.42 Å². The second-order valence-electron chi connectivity index (χ2n) is 6.48. The molecule has 0 radical (unpaired) electrons. The van der Waals surface area contributed by atoms with Gasteiger partial charge in [0.2, 0.25) is 0 Å². The van der Waals surface area contributed by atoms with Gasteiger partial charge >= 0.3 is 0 Å². The largest absolute Gasteiger partial charge is 0.495 e. The first-order valence-electron chi connectivity index (χ1n) is 8.08. The van der Waals surface area contributed by atoms with Crippen molar-refractivity contribution < 1.29 is 17.3 Å². The Morgan fingerprint density at radius 2 is 2.08 bits per heavy atom. The van der Waals surface area contributed by atoms with E-state index >= 15 is 0 Å². The number of aromatic nitrogens is 2. The van der Waals surface area contributed by atoms with Crippen LogP contribution in [0.5, 0.6) is 5.75 Å². The van der Waals surface area contributed by atoms with E-state index in [0.29, 0.717) is 0 Å². The maximum Gasteiger partial charge on any atom is 0.264 e. The molecule has 1 aliphatic rings. The zero-order valence-electron chi connectivity index (χ0n) is 14.7. The molecule has 0 N–H and O–H groups in total. The van der Waals surface area contributed by atoms with Gasteiger partial charge in [0.05, 0.1) is 37.7 Å². The normalized spacial score (nSPS) is 16.0. The highest BCUT2D eigenvalue weighted by Gasteiger charge is 2.28. The van der Waals surface area contributed by atoms with Crippen LogP contribution in [0.4, 0.5) is 0 Å². The van der Waals surface area contributed by atoms with Crippen molar-refractivity contribution in [3.05, 3.63) is 42.0 Å². The number of hydrogen-bond donors (Lipinski definition) is 0. The van der Waals surface area contributed by atoms with Crippen molar-refractivity contribution in [3.8, 4) is 11.4 Å². The number of likely N-dealkylation sites (tertiary alicyclic amines) is 1. The van der Waals surface area contributed by atoms with Crippen LogP contribution < -0.4 is 4.74 Å². The van der Waals surface area contributed by atoms with E-state index in [1.54, 1.807) is 13.4 Å². The quantitative estimate of drug-likeness (QED) is 0.694. The highest BCUT2D eigenvalue weighted by Crippen LogP contribution is 2.27. The fourth-order valence-electron chi connectivity index (χ4n) is 2.98. The molecule has 0 amide bonds. The van der Waals surface area contributed by atoms with E-state index in [2.05, 4.69) is 16.0 Å². The Hall–Kier alpha value is -1.90. The second kappa shape index (κ2) is 7.15. The topological polar surface area (TPSA) is 73.7 Å². The Balaban J connectivity index is 1.59. The van der Waals surface area contributed by atoms with Gasteiger partial charge in [0, 0.05) is 31.7 Å². The van der Waals surface area contributed by atoms with E-state index in [9.17, 15) is 8.42 Å². The summed E-state index contributed by atoms with van der Waals surface area (Å²) in [6.45, 7) is 4.68. The molecule has 136 valence electrons. The van der Waals surface area contributed by atoms with E-state index in [0.717, 1.165) is 48.6 Å². The number of nitrogens with zero attached hydrogens (tertiary/aromatic N) is 3. The molecule has 7 nitrogen and oxygen atoms in total. The van der Waals surface area contributed by atoms with Crippen molar-refractivity contribution in [3.63, 3.8) is 0 Å². The van der Waals surface area contributed by atoms with Crippen LogP contribution in [0.2, 0.25) is 0 Å². The number of methoxy groups -OCH3 is 1. The molecule has 1 aliphatic heterocycles. The lowest BCUT2D eigenvalue weighted by Gasteiger charge is -2.38. The molecule has 2 heterocycles. The van der Waals surface area contributed by atoms with Crippen LogP contribution in [0, 0.1) is 12.8 Å². The van der Waals surface area contributed by atoms with E-state index in [1.807, 2.05) is 29.8 Å². The molecule has 2 aromatic rings. The summed E-state index contributed by atoms with van der Waals surface area (Å²) in [4.78, 5) is 6.51. The molecule has 0 unspecified atom stereocenters. The average Bonchev–Trinajstić information content (AvgIpc) is 2.94. The zero-order chi connectivity index (χ0) is 18.0. The first-order valence-corrected chi connectivity index (χ1v) is 9.90. The lowest BCUT2D eigenvalue weighted by Crippen LogP contribution is -2.48. The van der Waals surface area contributed by atoms with Crippen LogP contribution in [0.1, 0.15) is 11.3 Å². The van der Waals surface area contributed by atoms with E-state index < -0.39 is 10.1 Å². The van der Waals surface area contributed by atoms with Crippen molar-refractivity contribution >= 4 is 10.1 Å². The molecule has 0 saturated carbocycles. The molecule has 1 aromatic heterocycles. The van der Waals surface area contributed by atoms with Crippen LogP contribution in [0.3, 0.4) is 0 Å². The third-order valence-corrected chi connectivity index (χ3v) is 4.76. The van der Waals surface area contributed by atoms with Gasteiger partial charge in [-0.15, -0.1) is 0 Å². The van der Waals surface area contributed by atoms with Gasteiger partial charge in [0.15, 0.2) is 0 Å². The second-order valence-corrected chi connectivity index (χ2v) is 8.12. The lowest BCUT2D eigenvalue weighted by atomic mass is 10.0. The molecule has 0 aliphatic carbocycles. The van der Waals surface area contributed by atoms with Gasteiger partial charge in [0.1, 0.15) is 5.75 Å². The van der Waals surface area contributed by atoms with E-state index in [4.69, 9.17) is 8.92 Å². The summed E-state index contributed by atoms with van der Waals surface area (Å²) < 4.78 is 34.3. The summed E-state index contributed by atoms with van der Waals surface area (Å²) in [7, 11) is -1.69. The predicted octanol–water partition coefficient (Wildman–Crippen LogP) is 1.60. The first-order chi connectivity index (χ1) is 11.8. The molecule has 0 bridgehead atoms. The SMILES string of the molecule is COc1cc(CN2CC(COS(C)(=O)=O)C2)ccc1-n1cnc(C)c1. The van der Waals surface area contributed by atoms with Crippen molar-refractivity contribution in [2.75, 3.05) is 33.1 Å². The van der Waals surface area contributed by atoms with Gasteiger partial charge in [0.25, 0.3) is 10.1 Å². The molecule has 1 saturated heterocycles. The van der Waals surface area contributed by atoms with Crippen LogP contribution in [0.25, 0.3) is 5.69 Å². The molecule has 1 fully saturated rings. The number of hydrogen-bond acceptors (Lipinski definition) is 6. The lowest BCUT2D eigenvalue weighted by molar-refractivity contribution is 0.0579. The standard InChI is InChI=1S/C17H23N3O4S/c1-13-7-20(12-18-13)16-5-4-14(6-17(16)23-2)8-19-9-15(10-19)11-24-25(3,21)22/h4-7,12,15H,8-11H2,1-3H3. The molecule has 0 atom stereocenters. The number of imidazole rings is 1. The molecule has 3 rings (SSSR count). The number of aryl methyl sites for hydroxylation is 1. The van der Waals surface area contributed by atoms with Crippen molar-refractivity contribution in [2.45, 2.75) is 13.5 Å². The smallest absolute Gasteiger partial charge is 0.264 e. The number of ether oxygens (including phenoxy) is 1. The van der Waals surface area contributed by atoms with Gasteiger partial charge in [-0.1, -0.05) is 6.07 Å². The minimum Gasteiger partial charge on any atom is -0.495 e. The Bertz CT molecular complexity index is 841. The molecule has 0 spiro atoms. The Morgan fingerprint density at radius 3 is 2.68 bits per heavy atom. The minimum absolute atomic E-state index is 0.261. The Labute approximate surface area is 148 Å². The van der Waals surface area contributed by atoms with Crippen LogP contribution in [-0.2, 0) is 20.8 Å². The Morgan fingerprint density at radius 1 is 1.32 bits per heavy atom. The third kappa shape index (κ3) is 4.59. The summed E-state index contributed by atoms with van der Waals surface area (Å²) >= 11 is 0. The summed E-state index contributed by atoms with van der Waals surface area (Å²) in [5, 5.41) is 0. The highest BCUT2D eigenvalue weighted by molar-refractivity contribution is 7.85. The van der Waals surface area contributed by atoms with E-state index in [-0.39, 0.29) is 12.5 Å². The minimum atomic E-state index is -3.35. The van der Waals surface area contributed by atoms with Crippen LogP contribution in [0.15, 0.2) is 30.7 Å². The molecular formula is C17H23N3O4S. The summed E-state index contributed by atoms with van der Waals surface area (Å²) in [5.74, 6) is 1.07. The number of benzene rings is 1. The maximum absolute atomic E-state index is 11.0. The molecule has 1 aromatic carbocycles. The Kier molecular flexibility index (Phi) is 5.12. The average molecular weight is 365 g/mol. The summed E-state index contributed by atoms with van der Waals surface area (Å²) in [6, 6.07) is 6.14. The van der Waals surface area contributed by atoms with Gasteiger partial charge in [-0.3, -0.25) is 9.08 Å². The van der Waals surface area contributed by atoms with Crippen LogP contribution >= 0.6 is 0 Å². The van der Waals surface area contributed by atoms with Crippen molar-refractivity contribution in [1.82, 2.24) is 14.5 Å². The molecular weight excluding hydrogens is 342 g/mol. The predicted molar refractivity (Wildman–Crippen MR) is 94.4 cm³/mol. The van der Waals surface area contributed by atoms with Crippen LogP contribution in [-0.4, -0.2) is 55.9 Å². The van der Waals surface area contributed by atoms with Crippen molar-refractivity contribution in [1.29, 1.82) is 0 Å². The van der Waals surface area contributed by atoms with E-state index in [1.165, 1.54) is 0 Å². The van der Waals surface area contributed by atoms with Gasteiger partial charge < -0.3 is 9.30 Å². The first kappa shape index (κ1) is 17.9. The zero-order valence-corrected chi connectivity index (χ0v) is 15.5. The van der Waals surface area contributed by atoms with Gasteiger partial charge in [-0.25, -0.2) is 4.98 Å². The van der Waals surface area contributed by atoms with Crippen molar-refractivity contribution in [2.24, 2.45) is 5.92 Å². The number of rotatable bonds is 7. The summed E-state index contributed by atoms with van der Waals surface area (Å²) in [6.07, 6.45) is 4.81. The maximum atomic E-state index is 11.0. The fraction of sp³-hybridized carbons (Fsp3) is 0.471.